The van der Waals surface area contributed by atoms with E-state index in [1.807, 2.05) is 18.2 Å². The van der Waals surface area contributed by atoms with Crippen molar-refractivity contribution in [1.29, 1.82) is 0 Å². The molecule has 0 spiro atoms. The van der Waals surface area contributed by atoms with E-state index in [4.69, 9.17) is 0 Å². The summed E-state index contributed by atoms with van der Waals surface area (Å²) in [7, 11) is 0. The zero-order chi connectivity index (χ0) is 14.1. The lowest BCUT2D eigenvalue weighted by atomic mass is 10.2. The molecule has 0 unspecified atom stereocenters. The van der Waals surface area contributed by atoms with Crippen LogP contribution in [0.1, 0.15) is 5.56 Å². The van der Waals surface area contributed by atoms with Crippen molar-refractivity contribution in [2.45, 2.75) is 0 Å². The van der Waals surface area contributed by atoms with Gasteiger partial charge in [0.05, 0.1) is 10.2 Å². The number of rotatable bonds is 2. The summed E-state index contributed by atoms with van der Waals surface area (Å²) in [6.07, 6.45) is 1.53. The number of phenols is 2. The maximum atomic E-state index is 9.67. The summed E-state index contributed by atoms with van der Waals surface area (Å²) in [6, 6.07) is 10.2. The topological polar surface area (TPSA) is 65.7 Å². The van der Waals surface area contributed by atoms with Crippen LogP contribution in [0.25, 0.3) is 10.2 Å². The molecule has 0 atom stereocenters. The SMILES string of the molecule is Oc1ccc(/C=N/c2nc3ccc(Br)cc3s2)c(O)c1. The molecule has 1 aromatic heterocycles. The lowest BCUT2D eigenvalue weighted by molar-refractivity contribution is 0.450. The van der Waals surface area contributed by atoms with Crippen LogP contribution in [0.3, 0.4) is 0 Å². The number of halogens is 1. The van der Waals surface area contributed by atoms with Gasteiger partial charge in [-0.1, -0.05) is 27.3 Å². The van der Waals surface area contributed by atoms with E-state index in [1.54, 1.807) is 6.07 Å². The molecule has 0 saturated carbocycles. The predicted octanol–water partition coefficient (Wildman–Crippen LogP) is 4.22. The van der Waals surface area contributed by atoms with Crippen LogP contribution in [0.4, 0.5) is 5.13 Å². The van der Waals surface area contributed by atoms with Crippen LogP contribution in [0.5, 0.6) is 11.5 Å². The van der Waals surface area contributed by atoms with E-state index >= 15 is 0 Å². The van der Waals surface area contributed by atoms with E-state index in [9.17, 15) is 10.2 Å². The Bertz CT molecular complexity index is 814. The van der Waals surface area contributed by atoms with E-state index in [1.165, 1.54) is 29.7 Å². The minimum atomic E-state index is -0.0161. The van der Waals surface area contributed by atoms with Gasteiger partial charge in [0, 0.05) is 22.3 Å². The number of aromatic nitrogens is 1. The molecule has 3 rings (SSSR count). The fraction of sp³-hybridized carbons (Fsp3) is 0. The van der Waals surface area contributed by atoms with Gasteiger partial charge in [-0.15, -0.1) is 0 Å². The molecule has 20 heavy (non-hydrogen) atoms. The fourth-order valence-electron chi connectivity index (χ4n) is 1.71. The number of thiazole rings is 1. The maximum absolute atomic E-state index is 9.67. The largest absolute Gasteiger partial charge is 0.508 e. The molecule has 2 N–H and O–H groups in total. The Kier molecular flexibility index (Phi) is 3.42. The Hall–Kier alpha value is -1.92. The zero-order valence-corrected chi connectivity index (χ0v) is 12.5. The van der Waals surface area contributed by atoms with Gasteiger partial charge >= 0.3 is 0 Å². The van der Waals surface area contributed by atoms with Crippen LogP contribution >= 0.6 is 27.3 Å². The first-order valence-corrected chi connectivity index (χ1v) is 7.35. The molecule has 3 aromatic rings. The smallest absolute Gasteiger partial charge is 0.210 e. The van der Waals surface area contributed by atoms with Gasteiger partial charge < -0.3 is 10.2 Å². The highest BCUT2D eigenvalue weighted by Crippen LogP contribution is 2.30. The summed E-state index contributed by atoms with van der Waals surface area (Å²) in [4.78, 5) is 8.64. The minimum absolute atomic E-state index is 0.0161. The Morgan fingerprint density at radius 1 is 1.15 bits per heavy atom. The molecule has 0 radical (unpaired) electrons. The van der Waals surface area contributed by atoms with Gasteiger partial charge in [0.15, 0.2) is 0 Å². The number of nitrogens with zero attached hydrogens (tertiary/aromatic N) is 2. The van der Waals surface area contributed by atoms with Crippen molar-refractivity contribution < 1.29 is 10.2 Å². The summed E-state index contributed by atoms with van der Waals surface area (Å²) >= 11 is 4.89. The number of phenolic OH excluding ortho intramolecular Hbond substituents is 2. The van der Waals surface area contributed by atoms with Crippen molar-refractivity contribution in [3.05, 3.63) is 46.4 Å². The van der Waals surface area contributed by atoms with Crippen LogP contribution in [0, 0.1) is 0 Å². The van der Waals surface area contributed by atoms with Gasteiger partial charge in [-0.2, -0.15) is 0 Å². The van der Waals surface area contributed by atoms with E-state index in [2.05, 4.69) is 25.9 Å². The molecular formula is C14H9BrN2O2S. The highest BCUT2D eigenvalue weighted by Gasteiger charge is 2.04. The standard InChI is InChI=1S/C14H9BrN2O2S/c15-9-2-4-11-13(5-9)20-14(17-11)16-7-8-1-3-10(18)6-12(8)19/h1-7,18-19H/b16-7+. The average Bonchev–Trinajstić information content (AvgIpc) is 2.79. The number of aromatic hydroxyl groups is 2. The van der Waals surface area contributed by atoms with Crippen molar-refractivity contribution >= 4 is 48.8 Å². The summed E-state index contributed by atoms with van der Waals surface area (Å²) in [5, 5.41) is 19.5. The molecule has 0 saturated heterocycles. The van der Waals surface area contributed by atoms with Crippen LogP contribution < -0.4 is 0 Å². The molecule has 100 valence electrons. The maximum Gasteiger partial charge on any atom is 0.210 e. The molecule has 0 aliphatic heterocycles. The first-order valence-electron chi connectivity index (χ1n) is 5.74. The molecular weight excluding hydrogens is 340 g/mol. The quantitative estimate of drug-likeness (QED) is 0.681. The van der Waals surface area contributed by atoms with E-state index in [0.717, 1.165) is 14.7 Å². The van der Waals surface area contributed by atoms with Gasteiger partial charge in [-0.05, 0) is 30.3 Å². The molecule has 2 aromatic carbocycles. The summed E-state index contributed by atoms with van der Waals surface area (Å²) < 4.78 is 2.04. The molecule has 6 heteroatoms. The van der Waals surface area contributed by atoms with Gasteiger partial charge in [0.1, 0.15) is 11.5 Å². The van der Waals surface area contributed by atoms with Gasteiger partial charge in [0.2, 0.25) is 5.13 Å². The van der Waals surface area contributed by atoms with Crippen molar-refractivity contribution in [3.8, 4) is 11.5 Å². The lowest BCUT2D eigenvalue weighted by Crippen LogP contribution is -1.81. The van der Waals surface area contributed by atoms with Crippen molar-refractivity contribution in [2.75, 3.05) is 0 Å². The lowest BCUT2D eigenvalue weighted by Gasteiger charge is -1.97. The normalized spacial score (nSPS) is 11.4. The molecule has 0 fully saturated rings. The van der Waals surface area contributed by atoms with Crippen LogP contribution in [0.2, 0.25) is 0 Å². The van der Waals surface area contributed by atoms with Gasteiger partial charge in [0.25, 0.3) is 0 Å². The molecule has 0 aliphatic carbocycles. The molecule has 0 aliphatic rings. The highest BCUT2D eigenvalue weighted by molar-refractivity contribution is 9.10. The highest BCUT2D eigenvalue weighted by atomic mass is 79.9. The third-order valence-corrected chi connectivity index (χ3v) is 4.09. The molecule has 4 nitrogen and oxygen atoms in total. The van der Waals surface area contributed by atoms with E-state index < -0.39 is 0 Å². The summed E-state index contributed by atoms with van der Waals surface area (Å²) in [5.74, 6) is 0.00194. The van der Waals surface area contributed by atoms with Crippen molar-refractivity contribution in [2.24, 2.45) is 4.99 Å². The Morgan fingerprint density at radius 3 is 2.80 bits per heavy atom. The van der Waals surface area contributed by atoms with E-state index in [0.29, 0.717) is 10.7 Å². The second kappa shape index (κ2) is 5.22. The predicted molar refractivity (Wildman–Crippen MR) is 84.3 cm³/mol. The third-order valence-electron chi connectivity index (χ3n) is 2.67. The van der Waals surface area contributed by atoms with Crippen LogP contribution in [0.15, 0.2) is 45.9 Å². The number of hydrogen-bond acceptors (Lipinski definition) is 5. The van der Waals surface area contributed by atoms with Gasteiger partial charge in [-0.25, -0.2) is 9.98 Å². The monoisotopic (exact) mass is 348 g/mol. The molecule has 0 bridgehead atoms. The minimum Gasteiger partial charge on any atom is -0.508 e. The Balaban J connectivity index is 1.94. The Morgan fingerprint density at radius 2 is 2.00 bits per heavy atom. The van der Waals surface area contributed by atoms with Crippen molar-refractivity contribution in [3.63, 3.8) is 0 Å². The van der Waals surface area contributed by atoms with Gasteiger partial charge in [-0.3, -0.25) is 0 Å². The number of aliphatic imine (C=N–C) groups is 1. The molecule has 0 amide bonds. The third kappa shape index (κ3) is 2.66. The summed E-state index contributed by atoms with van der Waals surface area (Å²) in [6.45, 7) is 0. The Labute approximate surface area is 127 Å². The average molecular weight is 349 g/mol. The second-order valence-corrected chi connectivity index (χ2v) is 6.03. The second-order valence-electron chi connectivity index (χ2n) is 4.11. The number of fused-ring (bicyclic) bond motifs is 1. The fourth-order valence-corrected chi connectivity index (χ4v) is 3.07. The van der Waals surface area contributed by atoms with Crippen LogP contribution in [-0.2, 0) is 0 Å². The number of hydrogen-bond donors (Lipinski definition) is 2. The summed E-state index contributed by atoms with van der Waals surface area (Å²) in [5.41, 5.74) is 1.42. The first kappa shape index (κ1) is 13.1. The van der Waals surface area contributed by atoms with Crippen LogP contribution in [-0.4, -0.2) is 21.4 Å². The van der Waals surface area contributed by atoms with Crippen molar-refractivity contribution in [1.82, 2.24) is 4.98 Å². The molecule has 1 heterocycles. The number of benzene rings is 2. The van der Waals surface area contributed by atoms with E-state index in [-0.39, 0.29) is 11.5 Å². The first-order chi connectivity index (χ1) is 9.61. The zero-order valence-electron chi connectivity index (χ0n) is 10.1.